The average Bonchev–Trinajstić information content (AvgIpc) is 3.16. The third-order valence-electron chi connectivity index (χ3n) is 5.74. The topological polar surface area (TPSA) is 99.4 Å². The quantitative estimate of drug-likeness (QED) is 0.267. The number of nitrogens with zero attached hydrogens (tertiary/aromatic N) is 2. The van der Waals surface area contributed by atoms with Gasteiger partial charge in [-0.2, -0.15) is 0 Å². The van der Waals surface area contributed by atoms with Gasteiger partial charge in [0.2, 0.25) is 0 Å². The predicted molar refractivity (Wildman–Crippen MR) is 161 cm³/mol. The van der Waals surface area contributed by atoms with Crippen LogP contribution in [0.4, 0.5) is 0 Å². The SMILES string of the molecule is CCOC(=O)C1=C(C)N=c2s/c(=C/c3cc(Br)cc(I)c3O)c(=O)n2[C@@H]1c1cc(OCC)c(OC)cc1Br. The van der Waals surface area contributed by atoms with Crippen LogP contribution in [0.2, 0.25) is 0 Å². The molecule has 2 aromatic carbocycles. The molecule has 4 rings (SSSR count). The number of carbonyl (C=O) groups is 1. The van der Waals surface area contributed by atoms with E-state index in [2.05, 4.69) is 36.9 Å². The van der Waals surface area contributed by atoms with Crippen LogP contribution in [0.25, 0.3) is 6.08 Å². The van der Waals surface area contributed by atoms with Crippen LogP contribution in [0.5, 0.6) is 17.2 Å². The van der Waals surface area contributed by atoms with Crippen molar-refractivity contribution in [1.82, 2.24) is 4.57 Å². The van der Waals surface area contributed by atoms with Crippen molar-refractivity contribution in [3.8, 4) is 17.2 Å². The monoisotopic (exact) mass is 776 g/mol. The van der Waals surface area contributed by atoms with Gasteiger partial charge in [-0.3, -0.25) is 9.36 Å². The third kappa shape index (κ3) is 5.45. The number of phenolic OH excluding ortho intramolecular Hbond substituents is 1. The Labute approximate surface area is 253 Å². The summed E-state index contributed by atoms with van der Waals surface area (Å²) in [5, 5.41) is 10.6. The normalized spacial score (nSPS) is 15.2. The van der Waals surface area contributed by atoms with Crippen molar-refractivity contribution < 1.29 is 24.1 Å². The second-order valence-corrected chi connectivity index (χ2v) is 12.0. The largest absolute Gasteiger partial charge is 0.506 e. The second kappa shape index (κ2) is 11.9. The standard InChI is InChI=1S/C26H23Br2IN2O6S/c1-5-36-19-10-15(16(28)11-18(19)35-4)22-21(25(34)37-6-2)12(3)30-26-31(22)24(33)20(38-26)8-13-7-14(27)9-17(29)23(13)32/h7-11,22,32H,5-6H2,1-4H3/b20-8+/t22-/m1/s1. The Bertz CT molecular complexity index is 1650. The first-order valence-corrected chi connectivity index (χ1v) is 15.0. The molecule has 1 aromatic heterocycles. The van der Waals surface area contributed by atoms with E-state index in [-0.39, 0.29) is 23.5 Å². The first kappa shape index (κ1) is 28.8. The number of rotatable bonds is 7. The van der Waals surface area contributed by atoms with Gasteiger partial charge in [-0.25, -0.2) is 9.79 Å². The van der Waals surface area contributed by atoms with E-state index in [9.17, 15) is 14.7 Å². The van der Waals surface area contributed by atoms with Crippen molar-refractivity contribution in [3.05, 3.63) is 78.9 Å². The van der Waals surface area contributed by atoms with E-state index in [1.54, 1.807) is 51.3 Å². The fourth-order valence-corrected chi connectivity index (χ4v) is 7.24. The van der Waals surface area contributed by atoms with E-state index in [1.807, 2.05) is 29.5 Å². The average molecular weight is 778 g/mol. The molecule has 0 bridgehead atoms. The van der Waals surface area contributed by atoms with Crippen LogP contribution in [0, 0.1) is 3.57 Å². The lowest BCUT2D eigenvalue weighted by molar-refractivity contribution is -0.139. The number of carbonyl (C=O) groups excluding carboxylic acids is 1. The number of benzene rings is 2. The fourth-order valence-electron chi connectivity index (χ4n) is 4.11. The summed E-state index contributed by atoms with van der Waals surface area (Å²) in [6.45, 7) is 5.87. The van der Waals surface area contributed by atoms with Gasteiger partial charge in [0.25, 0.3) is 5.56 Å². The lowest BCUT2D eigenvalue weighted by Crippen LogP contribution is -2.40. The van der Waals surface area contributed by atoms with Crippen LogP contribution in [0.1, 0.15) is 37.9 Å². The van der Waals surface area contributed by atoms with Crippen molar-refractivity contribution in [1.29, 1.82) is 0 Å². The maximum Gasteiger partial charge on any atom is 0.338 e. The predicted octanol–water partition coefficient (Wildman–Crippen LogP) is 5.04. The van der Waals surface area contributed by atoms with E-state index >= 15 is 0 Å². The minimum atomic E-state index is -0.844. The molecule has 0 aliphatic carbocycles. The summed E-state index contributed by atoms with van der Waals surface area (Å²) >= 11 is 10.3. The van der Waals surface area contributed by atoms with Crippen molar-refractivity contribution in [2.24, 2.45) is 4.99 Å². The molecule has 12 heteroatoms. The lowest BCUT2D eigenvalue weighted by atomic mass is 9.95. The number of allylic oxidation sites excluding steroid dienone is 1. The number of ether oxygens (including phenoxy) is 3. The summed E-state index contributed by atoms with van der Waals surface area (Å²) in [5.41, 5.74) is 1.43. The minimum absolute atomic E-state index is 0.0684. The Morgan fingerprint density at radius 2 is 1.95 bits per heavy atom. The number of thiazole rings is 1. The number of phenols is 1. The molecule has 8 nitrogen and oxygen atoms in total. The summed E-state index contributed by atoms with van der Waals surface area (Å²) < 4.78 is 20.5. The smallest absolute Gasteiger partial charge is 0.338 e. The third-order valence-corrected chi connectivity index (χ3v) is 8.69. The van der Waals surface area contributed by atoms with Crippen LogP contribution in [0.15, 0.2) is 54.3 Å². The zero-order valence-electron chi connectivity index (χ0n) is 20.8. The van der Waals surface area contributed by atoms with Gasteiger partial charge in [-0.1, -0.05) is 43.2 Å². The van der Waals surface area contributed by atoms with E-state index in [4.69, 9.17) is 14.2 Å². The molecule has 1 atom stereocenters. The highest BCUT2D eigenvalue weighted by molar-refractivity contribution is 14.1. The molecule has 0 amide bonds. The van der Waals surface area contributed by atoms with Crippen LogP contribution in [0.3, 0.4) is 0 Å². The maximum atomic E-state index is 13.9. The highest BCUT2D eigenvalue weighted by atomic mass is 127. The van der Waals surface area contributed by atoms with E-state index in [0.717, 1.165) is 4.47 Å². The second-order valence-electron chi connectivity index (χ2n) is 8.09. The Hall–Kier alpha value is -2.16. The van der Waals surface area contributed by atoms with Gasteiger partial charge in [0.15, 0.2) is 16.3 Å². The Balaban J connectivity index is 2.03. The molecule has 1 N–H and O–H groups in total. The molecule has 1 aliphatic heterocycles. The number of halogens is 3. The summed E-state index contributed by atoms with van der Waals surface area (Å²) in [5.74, 6) is 0.488. The minimum Gasteiger partial charge on any atom is -0.506 e. The first-order chi connectivity index (χ1) is 18.1. The molecule has 1 aliphatic rings. The molecule has 0 saturated heterocycles. The first-order valence-electron chi connectivity index (χ1n) is 11.5. The molecular formula is C26H23Br2IN2O6S. The van der Waals surface area contributed by atoms with Crippen LogP contribution < -0.4 is 24.4 Å². The number of hydrogen-bond acceptors (Lipinski definition) is 8. The van der Waals surface area contributed by atoms with E-state index in [0.29, 0.717) is 52.3 Å². The van der Waals surface area contributed by atoms with Crippen LogP contribution in [-0.2, 0) is 9.53 Å². The number of fused-ring (bicyclic) bond motifs is 1. The molecule has 0 fully saturated rings. The number of esters is 1. The summed E-state index contributed by atoms with van der Waals surface area (Å²) in [4.78, 5) is 32.1. The molecule has 0 unspecified atom stereocenters. The van der Waals surface area contributed by atoms with E-state index < -0.39 is 12.0 Å². The van der Waals surface area contributed by atoms with Crippen molar-refractivity contribution in [2.75, 3.05) is 20.3 Å². The van der Waals surface area contributed by atoms with E-state index in [1.165, 1.54) is 15.9 Å². The zero-order valence-corrected chi connectivity index (χ0v) is 26.9. The fraction of sp³-hybridized carbons (Fsp3) is 0.269. The molecule has 2 heterocycles. The number of aromatic nitrogens is 1. The van der Waals surface area contributed by atoms with Gasteiger partial charge in [0, 0.05) is 14.5 Å². The van der Waals surface area contributed by atoms with Crippen LogP contribution in [-0.4, -0.2) is 36.0 Å². The molecular weight excluding hydrogens is 755 g/mol. The Kier molecular flexibility index (Phi) is 9.05. The van der Waals surface area contributed by atoms with Crippen molar-refractivity contribution >= 4 is 77.8 Å². The molecule has 3 aromatic rings. The molecule has 200 valence electrons. The molecule has 0 radical (unpaired) electrons. The van der Waals surface area contributed by atoms with Gasteiger partial charge >= 0.3 is 5.97 Å². The highest BCUT2D eigenvalue weighted by Gasteiger charge is 2.35. The maximum absolute atomic E-state index is 13.9. The number of aromatic hydroxyl groups is 1. The highest BCUT2D eigenvalue weighted by Crippen LogP contribution is 2.41. The lowest BCUT2D eigenvalue weighted by Gasteiger charge is -2.26. The summed E-state index contributed by atoms with van der Waals surface area (Å²) in [6, 6.07) is 6.17. The summed E-state index contributed by atoms with van der Waals surface area (Å²) in [7, 11) is 1.54. The van der Waals surface area contributed by atoms with Gasteiger partial charge in [-0.05, 0) is 79.3 Å². The van der Waals surface area contributed by atoms with Crippen LogP contribution >= 0.6 is 65.8 Å². The Morgan fingerprint density at radius 3 is 2.61 bits per heavy atom. The Morgan fingerprint density at radius 1 is 1.21 bits per heavy atom. The van der Waals surface area contributed by atoms with Crippen molar-refractivity contribution in [3.63, 3.8) is 0 Å². The zero-order chi connectivity index (χ0) is 27.7. The number of hydrogen-bond donors (Lipinski definition) is 1. The van der Waals surface area contributed by atoms with Gasteiger partial charge in [-0.15, -0.1) is 0 Å². The number of methoxy groups -OCH3 is 1. The molecule has 38 heavy (non-hydrogen) atoms. The molecule has 0 spiro atoms. The summed E-state index contributed by atoms with van der Waals surface area (Å²) in [6.07, 6.45) is 1.63. The molecule has 0 saturated carbocycles. The van der Waals surface area contributed by atoms with Gasteiger partial charge in [0.1, 0.15) is 5.75 Å². The van der Waals surface area contributed by atoms with Gasteiger partial charge in [0.05, 0.1) is 45.7 Å². The van der Waals surface area contributed by atoms with Crippen molar-refractivity contribution in [2.45, 2.75) is 26.8 Å². The van der Waals surface area contributed by atoms with Gasteiger partial charge < -0.3 is 19.3 Å².